The first-order chi connectivity index (χ1) is 6.93. The topological polar surface area (TPSA) is 20.2 Å². The van der Waals surface area contributed by atoms with Crippen LogP contribution in [0.4, 0.5) is 0 Å². The van der Waals surface area contributed by atoms with Crippen LogP contribution >= 0.6 is 0 Å². The average Bonchev–Trinajstić information content (AvgIpc) is 2.90. The molecule has 17 heavy (non-hydrogen) atoms. The van der Waals surface area contributed by atoms with Crippen molar-refractivity contribution in [2.45, 2.75) is 25.7 Å². The number of aliphatic hydroxyl groups excluding tert-OH is 1. The number of rotatable bonds is 3. The van der Waals surface area contributed by atoms with Crippen LogP contribution in [0.2, 0.25) is 0 Å². The third-order valence-electron chi connectivity index (χ3n) is 1.96. The maximum Gasteiger partial charge on any atom is 4.00 e. The smallest absolute Gasteiger partial charge is 1.00 e. The Hall–Kier alpha value is 0.383. The predicted molar refractivity (Wildman–Crippen MR) is 58.4 cm³/mol. The molecule has 0 heterocycles. The van der Waals surface area contributed by atoms with Gasteiger partial charge in [-0.3, -0.25) is 12.2 Å². The minimum Gasteiger partial charge on any atom is -1.00 e. The van der Waals surface area contributed by atoms with Crippen molar-refractivity contribution >= 4 is 0 Å². The second-order valence-corrected chi connectivity index (χ2v) is 3.14. The number of aliphatic hydroxyl groups is 1. The maximum atomic E-state index is 8.46. The maximum absolute atomic E-state index is 8.46. The molecular weight excluding hydrogens is 334 g/mol. The molecule has 1 N–H and O–H groups in total. The van der Waals surface area contributed by atoms with Gasteiger partial charge in [-0.25, -0.2) is 23.8 Å². The van der Waals surface area contributed by atoms with Gasteiger partial charge in [-0.15, -0.1) is 12.8 Å². The minimum absolute atomic E-state index is 0. The fourth-order valence-electron chi connectivity index (χ4n) is 1.23. The summed E-state index contributed by atoms with van der Waals surface area (Å²) in [7, 11) is 0. The molecule has 4 heteroatoms. The molecular formula is C13H16Cl2OZr. The van der Waals surface area contributed by atoms with Gasteiger partial charge in [0.25, 0.3) is 0 Å². The van der Waals surface area contributed by atoms with Gasteiger partial charge in [-0.2, -0.15) is 12.2 Å². The van der Waals surface area contributed by atoms with E-state index in [1.54, 1.807) is 0 Å². The molecule has 2 rings (SSSR count). The van der Waals surface area contributed by atoms with Crippen molar-refractivity contribution in [1.82, 2.24) is 0 Å². The van der Waals surface area contributed by atoms with Crippen LogP contribution in [0.3, 0.4) is 0 Å². The van der Waals surface area contributed by atoms with Crippen molar-refractivity contribution in [1.29, 1.82) is 0 Å². The summed E-state index contributed by atoms with van der Waals surface area (Å²) in [6.07, 6.45) is 20.2. The predicted octanol–water partition coefficient (Wildman–Crippen LogP) is -3.24. The van der Waals surface area contributed by atoms with E-state index in [0.717, 1.165) is 25.7 Å². The Morgan fingerprint density at radius 3 is 2.29 bits per heavy atom. The van der Waals surface area contributed by atoms with Crippen LogP contribution in [-0.4, -0.2) is 11.7 Å². The van der Waals surface area contributed by atoms with Crippen molar-refractivity contribution in [3.8, 4) is 0 Å². The van der Waals surface area contributed by atoms with Crippen molar-refractivity contribution in [3.63, 3.8) is 0 Å². The van der Waals surface area contributed by atoms with Gasteiger partial charge in [0.1, 0.15) is 0 Å². The average molecular weight is 350 g/mol. The van der Waals surface area contributed by atoms with Crippen LogP contribution in [0, 0.1) is 12.2 Å². The number of halogens is 2. The minimum atomic E-state index is 0. The Balaban J connectivity index is -0.000000216. The van der Waals surface area contributed by atoms with E-state index >= 15 is 0 Å². The van der Waals surface area contributed by atoms with Gasteiger partial charge in [0.05, 0.1) is 0 Å². The molecule has 0 unspecified atom stereocenters. The van der Waals surface area contributed by atoms with Gasteiger partial charge < -0.3 is 29.9 Å². The first-order valence-corrected chi connectivity index (χ1v) is 5.02. The van der Waals surface area contributed by atoms with E-state index in [4.69, 9.17) is 5.11 Å². The fraction of sp³-hybridized carbons (Fsp3) is 0.385. The largest absolute Gasteiger partial charge is 4.00 e. The molecule has 92 valence electrons. The van der Waals surface area contributed by atoms with Gasteiger partial charge >= 0.3 is 26.2 Å². The van der Waals surface area contributed by atoms with Crippen LogP contribution in [-0.2, 0) is 26.2 Å². The number of hydrogen-bond acceptors (Lipinski definition) is 1. The molecule has 0 spiro atoms. The summed E-state index contributed by atoms with van der Waals surface area (Å²) in [5, 5.41) is 8.46. The van der Waals surface area contributed by atoms with E-state index in [0.29, 0.717) is 6.61 Å². The van der Waals surface area contributed by atoms with E-state index in [9.17, 15) is 0 Å². The Labute approximate surface area is 136 Å². The van der Waals surface area contributed by atoms with Gasteiger partial charge in [-0.1, -0.05) is 6.42 Å². The van der Waals surface area contributed by atoms with Gasteiger partial charge in [-0.05, 0) is 6.42 Å². The van der Waals surface area contributed by atoms with Crippen molar-refractivity contribution in [3.05, 3.63) is 48.1 Å². The molecule has 0 aliphatic heterocycles. The SMILES string of the molecule is OCCCC1=[C-]CC=C1.[C-]1=CC=CC1.[Cl-].[Cl-].[Zr+4]. The van der Waals surface area contributed by atoms with Crippen LogP contribution in [0.5, 0.6) is 0 Å². The molecule has 0 saturated carbocycles. The summed E-state index contributed by atoms with van der Waals surface area (Å²) in [6, 6.07) is 0. The molecule has 0 radical (unpaired) electrons. The Bertz CT molecular complexity index is 261. The Kier molecular flexibility index (Phi) is 21.7. The molecule has 0 aromatic heterocycles. The summed E-state index contributed by atoms with van der Waals surface area (Å²) in [6.45, 7) is 0.291. The van der Waals surface area contributed by atoms with Gasteiger partial charge in [0, 0.05) is 6.61 Å². The summed E-state index contributed by atoms with van der Waals surface area (Å²) in [5.74, 6) is 0. The quantitative estimate of drug-likeness (QED) is 0.531. The molecule has 0 amide bonds. The Morgan fingerprint density at radius 2 is 1.94 bits per heavy atom. The summed E-state index contributed by atoms with van der Waals surface area (Å²) >= 11 is 0. The fourth-order valence-corrected chi connectivity index (χ4v) is 1.23. The van der Waals surface area contributed by atoms with Crippen molar-refractivity contribution in [2.24, 2.45) is 0 Å². The third kappa shape index (κ3) is 12.6. The summed E-state index contributed by atoms with van der Waals surface area (Å²) in [4.78, 5) is 0. The molecule has 0 bridgehead atoms. The molecule has 0 fully saturated rings. The molecule has 0 atom stereocenters. The van der Waals surface area contributed by atoms with E-state index in [1.165, 1.54) is 5.57 Å². The van der Waals surface area contributed by atoms with E-state index < -0.39 is 0 Å². The first kappa shape index (κ1) is 22.6. The standard InChI is InChI=1S/C8H11O.C5H5.2ClH.Zr/c9-7-3-6-8-4-1-2-5-8;1-2-4-5-3-1;;;/h1,4,9H,2-3,6-7H2;1-3H,4H2;2*1H;/q2*-1;;;+4/p-2. The number of allylic oxidation sites excluding steroid dienone is 8. The molecule has 2 aliphatic rings. The zero-order valence-electron chi connectivity index (χ0n) is 9.63. The number of hydrogen-bond donors (Lipinski definition) is 1. The molecule has 2 aliphatic carbocycles. The van der Waals surface area contributed by atoms with Crippen LogP contribution in [0.25, 0.3) is 0 Å². The zero-order chi connectivity index (χ0) is 10.1. The van der Waals surface area contributed by atoms with E-state index in [2.05, 4.69) is 30.4 Å². The third-order valence-corrected chi connectivity index (χ3v) is 1.96. The molecule has 0 saturated heterocycles. The van der Waals surface area contributed by atoms with Gasteiger partial charge in [0.2, 0.25) is 0 Å². The van der Waals surface area contributed by atoms with Crippen molar-refractivity contribution < 1.29 is 56.1 Å². The van der Waals surface area contributed by atoms with Crippen molar-refractivity contribution in [2.75, 3.05) is 6.61 Å². The molecule has 0 aromatic rings. The second-order valence-electron chi connectivity index (χ2n) is 3.14. The monoisotopic (exact) mass is 348 g/mol. The van der Waals surface area contributed by atoms with Crippen LogP contribution in [0.15, 0.2) is 36.0 Å². The zero-order valence-corrected chi connectivity index (χ0v) is 13.6. The summed E-state index contributed by atoms with van der Waals surface area (Å²) < 4.78 is 0. The summed E-state index contributed by atoms with van der Waals surface area (Å²) in [5.41, 5.74) is 1.25. The van der Waals surface area contributed by atoms with E-state index in [1.807, 2.05) is 12.2 Å². The second kappa shape index (κ2) is 16.4. The first-order valence-electron chi connectivity index (χ1n) is 5.02. The van der Waals surface area contributed by atoms with Gasteiger partial charge in [0.15, 0.2) is 0 Å². The normalized spacial score (nSPS) is 13.8. The van der Waals surface area contributed by atoms with E-state index in [-0.39, 0.29) is 51.0 Å². The molecule has 0 aromatic carbocycles. The van der Waals surface area contributed by atoms with Crippen LogP contribution in [0.1, 0.15) is 25.7 Å². The molecule has 1 nitrogen and oxygen atoms in total. The Morgan fingerprint density at radius 1 is 1.18 bits per heavy atom. The van der Waals surface area contributed by atoms with Crippen LogP contribution < -0.4 is 24.8 Å².